The molecule has 138 valence electrons. The van der Waals surface area contributed by atoms with Crippen molar-refractivity contribution in [3.63, 3.8) is 0 Å². The molecule has 1 saturated heterocycles. The molecule has 0 aliphatic carbocycles. The van der Waals surface area contributed by atoms with Gasteiger partial charge in [-0.1, -0.05) is 0 Å². The van der Waals surface area contributed by atoms with Crippen LogP contribution < -0.4 is 0 Å². The molecule has 3 aromatic rings. The summed E-state index contributed by atoms with van der Waals surface area (Å²) in [6, 6.07) is 4.02. The number of imidazole rings is 2. The lowest BCUT2D eigenvalue weighted by Crippen LogP contribution is -2.31. The van der Waals surface area contributed by atoms with E-state index in [1.165, 1.54) is 22.8 Å². The average Bonchev–Trinajstić information content (AvgIpc) is 3.32. The van der Waals surface area contributed by atoms with Gasteiger partial charge in [0, 0.05) is 18.8 Å². The predicted molar refractivity (Wildman–Crippen MR) is 94.5 cm³/mol. The maximum absolute atomic E-state index is 13.4. The highest BCUT2D eigenvalue weighted by molar-refractivity contribution is 7.89. The highest BCUT2D eigenvalue weighted by Crippen LogP contribution is 2.35. The Kier molecular flexibility index (Phi) is 4.07. The highest BCUT2D eigenvalue weighted by atomic mass is 32.2. The van der Waals surface area contributed by atoms with Gasteiger partial charge >= 0.3 is 0 Å². The number of aromatic amines is 1. The fourth-order valence-electron chi connectivity index (χ4n) is 3.31. The second-order valence-electron chi connectivity index (χ2n) is 6.81. The molecule has 3 heterocycles. The summed E-state index contributed by atoms with van der Waals surface area (Å²) in [4.78, 5) is 11.6. The second-order valence-corrected chi connectivity index (χ2v) is 8.65. The Labute approximate surface area is 150 Å². The van der Waals surface area contributed by atoms with Gasteiger partial charge in [-0.15, -0.1) is 0 Å². The summed E-state index contributed by atoms with van der Waals surface area (Å²) in [6.07, 6.45) is 4.49. The van der Waals surface area contributed by atoms with Gasteiger partial charge in [0.05, 0.1) is 23.4 Å². The number of hydrogen-bond acceptors (Lipinski definition) is 4. The lowest BCUT2D eigenvalue weighted by Gasteiger charge is -2.21. The van der Waals surface area contributed by atoms with Crippen molar-refractivity contribution in [2.45, 2.75) is 43.8 Å². The molecule has 2 aromatic heterocycles. The number of nitrogens with one attached hydrogen (secondary N) is 1. The van der Waals surface area contributed by atoms with Gasteiger partial charge < -0.3 is 9.55 Å². The lowest BCUT2D eigenvalue weighted by atomic mass is 10.2. The first-order chi connectivity index (χ1) is 12.4. The number of benzene rings is 1. The first kappa shape index (κ1) is 17.2. The van der Waals surface area contributed by atoms with E-state index in [4.69, 9.17) is 0 Å². The van der Waals surface area contributed by atoms with Crippen molar-refractivity contribution >= 4 is 21.1 Å². The fourth-order valence-corrected chi connectivity index (χ4v) is 4.90. The zero-order chi connectivity index (χ0) is 18.5. The molecule has 0 radical (unpaired) electrons. The second kappa shape index (κ2) is 6.17. The van der Waals surface area contributed by atoms with Crippen LogP contribution in [0.4, 0.5) is 4.39 Å². The van der Waals surface area contributed by atoms with Gasteiger partial charge in [0.2, 0.25) is 0 Å². The molecular weight excluding hydrogens is 357 g/mol. The molecule has 4 rings (SSSR count). The molecule has 1 aliphatic rings. The Morgan fingerprint density at radius 3 is 2.88 bits per heavy atom. The van der Waals surface area contributed by atoms with Gasteiger partial charge in [-0.25, -0.2) is 22.8 Å². The molecule has 1 aliphatic heterocycles. The Hall–Kier alpha value is -2.26. The molecule has 0 spiro atoms. The van der Waals surface area contributed by atoms with E-state index >= 15 is 0 Å². The first-order valence-electron chi connectivity index (χ1n) is 8.57. The van der Waals surface area contributed by atoms with Crippen LogP contribution in [0.2, 0.25) is 0 Å². The summed E-state index contributed by atoms with van der Waals surface area (Å²) in [5.41, 5.74) is 1.18. The zero-order valence-electron chi connectivity index (χ0n) is 14.6. The highest BCUT2D eigenvalue weighted by Gasteiger charge is 2.39. The molecule has 1 atom stereocenters. The monoisotopic (exact) mass is 377 g/mol. The van der Waals surface area contributed by atoms with E-state index in [1.807, 2.05) is 13.8 Å². The molecule has 7 nitrogen and oxygen atoms in total. The number of H-pyrrole nitrogens is 1. The van der Waals surface area contributed by atoms with E-state index in [-0.39, 0.29) is 16.9 Å². The lowest BCUT2D eigenvalue weighted by molar-refractivity contribution is 0.384. The molecule has 0 amide bonds. The Bertz CT molecular complexity index is 1060. The van der Waals surface area contributed by atoms with Crippen LogP contribution in [-0.2, 0) is 10.0 Å². The van der Waals surface area contributed by atoms with E-state index in [2.05, 4.69) is 15.0 Å². The van der Waals surface area contributed by atoms with Crippen LogP contribution in [-0.4, -0.2) is 38.8 Å². The number of sulfonamides is 1. The standard InChI is InChI=1S/C17H20FN5O2S/c1-11(2)22-9-16(19-10-22)26(24,25)23-7-3-4-15(23)17-20-13-6-5-12(18)8-14(13)21-17/h5-6,8-11,15H,3-4,7H2,1-2H3,(H,20,21). The molecule has 1 unspecified atom stereocenters. The SMILES string of the molecule is CC(C)n1cnc(S(=O)(=O)N2CCCC2c2nc3ccc(F)cc3[nH]2)c1. The number of fused-ring (bicyclic) bond motifs is 1. The number of aromatic nitrogens is 4. The summed E-state index contributed by atoms with van der Waals surface area (Å²) in [5, 5.41) is 0.0419. The van der Waals surface area contributed by atoms with Crippen LogP contribution in [0.3, 0.4) is 0 Å². The molecule has 0 bridgehead atoms. The minimum Gasteiger partial charge on any atom is -0.341 e. The van der Waals surface area contributed by atoms with Crippen molar-refractivity contribution in [3.05, 3.63) is 42.4 Å². The number of hydrogen-bond donors (Lipinski definition) is 1. The Balaban J connectivity index is 1.70. The Morgan fingerprint density at radius 1 is 1.35 bits per heavy atom. The summed E-state index contributed by atoms with van der Waals surface area (Å²) in [5.74, 6) is 0.179. The molecule has 26 heavy (non-hydrogen) atoms. The fraction of sp³-hybridized carbons (Fsp3) is 0.412. The minimum atomic E-state index is -3.73. The van der Waals surface area contributed by atoms with E-state index in [9.17, 15) is 12.8 Å². The number of halogens is 1. The van der Waals surface area contributed by atoms with Crippen molar-refractivity contribution in [1.82, 2.24) is 23.8 Å². The van der Waals surface area contributed by atoms with E-state index < -0.39 is 16.1 Å². The van der Waals surface area contributed by atoms with Crippen molar-refractivity contribution in [1.29, 1.82) is 0 Å². The van der Waals surface area contributed by atoms with Crippen molar-refractivity contribution < 1.29 is 12.8 Å². The van der Waals surface area contributed by atoms with Crippen LogP contribution in [0.25, 0.3) is 11.0 Å². The van der Waals surface area contributed by atoms with E-state index in [0.717, 1.165) is 6.42 Å². The minimum absolute atomic E-state index is 0.0419. The van der Waals surface area contributed by atoms with Crippen LogP contribution >= 0.6 is 0 Å². The van der Waals surface area contributed by atoms with Crippen molar-refractivity contribution in [3.8, 4) is 0 Å². The Morgan fingerprint density at radius 2 is 2.15 bits per heavy atom. The largest absolute Gasteiger partial charge is 0.341 e. The predicted octanol–water partition coefficient (Wildman–Crippen LogP) is 3.01. The van der Waals surface area contributed by atoms with Crippen LogP contribution in [0.1, 0.15) is 44.6 Å². The zero-order valence-corrected chi connectivity index (χ0v) is 15.4. The number of rotatable bonds is 4. The summed E-state index contributed by atoms with van der Waals surface area (Å²) in [6.45, 7) is 4.33. The third-order valence-corrected chi connectivity index (χ3v) is 6.52. The quantitative estimate of drug-likeness (QED) is 0.757. The van der Waals surface area contributed by atoms with Gasteiger partial charge in [0.1, 0.15) is 11.6 Å². The van der Waals surface area contributed by atoms with Crippen molar-refractivity contribution in [2.24, 2.45) is 0 Å². The molecular formula is C17H20FN5O2S. The van der Waals surface area contributed by atoms with Gasteiger partial charge in [-0.3, -0.25) is 0 Å². The first-order valence-corrected chi connectivity index (χ1v) is 10.0. The smallest absolute Gasteiger partial charge is 0.262 e. The maximum atomic E-state index is 13.4. The molecule has 1 aromatic carbocycles. The molecule has 1 N–H and O–H groups in total. The summed E-state index contributed by atoms with van der Waals surface area (Å²) in [7, 11) is -3.73. The summed E-state index contributed by atoms with van der Waals surface area (Å²) >= 11 is 0. The topological polar surface area (TPSA) is 83.9 Å². The van der Waals surface area contributed by atoms with Crippen LogP contribution in [0.5, 0.6) is 0 Å². The van der Waals surface area contributed by atoms with E-state index in [0.29, 0.717) is 29.8 Å². The molecule has 9 heteroatoms. The van der Waals surface area contributed by atoms with Gasteiger partial charge in [0.15, 0.2) is 5.03 Å². The number of nitrogens with zero attached hydrogens (tertiary/aromatic N) is 4. The van der Waals surface area contributed by atoms with Crippen molar-refractivity contribution in [2.75, 3.05) is 6.54 Å². The third kappa shape index (κ3) is 2.80. The molecule has 0 saturated carbocycles. The van der Waals surface area contributed by atoms with Gasteiger partial charge in [-0.05, 0) is 44.9 Å². The summed E-state index contributed by atoms with van der Waals surface area (Å²) < 4.78 is 42.8. The third-order valence-electron chi connectivity index (χ3n) is 4.73. The normalized spacial score (nSPS) is 19.0. The van der Waals surface area contributed by atoms with E-state index in [1.54, 1.807) is 16.8 Å². The van der Waals surface area contributed by atoms with Crippen LogP contribution in [0.15, 0.2) is 35.7 Å². The average molecular weight is 377 g/mol. The van der Waals surface area contributed by atoms with Crippen LogP contribution in [0, 0.1) is 5.82 Å². The van der Waals surface area contributed by atoms with Gasteiger partial charge in [0.25, 0.3) is 10.0 Å². The van der Waals surface area contributed by atoms with Gasteiger partial charge in [-0.2, -0.15) is 4.31 Å². The maximum Gasteiger partial charge on any atom is 0.262 e. The molecule has 1 fully saturated rings.